The summed E-state index contributed by atoms with van der Waals surface area (Å²) < 4.78 is 0. The van der Waals surface area contributed by atoms with Crippen LogP contribution in [0.5, 0.6) is 0 Å². The molecule has 3 nitrogen and oxygen atoms in total. The molecule has 0 atom stereocenters. The van der Waals surface area contributed by atoms with Gasteiger partial charge in [0.2, 0.25) is 0 Å². The van der Waals surface area contributed by atoms with Crippen LogP contribution in [0.4, 0.5) is 0 Å². The molecule has 2 rings (SSSR count). The zero-order valence-corrected chi connectivity index (χ0v) is 12.2. The lowest BCUT2D eigenvalue weighted by atomic mass is 10.1. The molecule has 0 aliphatic heterocycles. The van der Waals surface area contributed by atoms with Crippen molar-refractivity contribution in [2.75, 3.05) is 5.75 Å². The van der Waals surface area contributed by atoms with Crippen molar-refractivity contribution in [2.45, 2.75) is 18.9 Å². The van der Waals surface area contributed by atoms with Crippen molar-refractivity contribution >= 4 is 17.5 Å². The van der Waals surface area contributed by atoms with Crippen LogP contribution in [0.2, 0.25) is 0 Å². The van der Waals surface area contributed by atoms with Gasteiger partial charge in [0.1, 0.15) is 0 Å². The van der Waals surface area contributed by atoms with Crippen LogP contribution in [0.1, 0.15) is 27.2 Å². The van der Waals surface area contributed by atoms with Crippen LogP contribution in [0, 0.1) is 25.2 Å². The number of nitrogens with zero attached hydrogens (tertiary/aromatic N) is 2. The van der Waals surface area contributed by atoms with Crippen LogP contribution < -0.4 is 0 Å². The van der Waals surface area contributed by atoms with E-state index >= 15 is 0 Å². The highest BCUT2D eigenvalue weighted by Gasteiger charge is 2.08. The third-order valence-corrected chi connectivity index (χ3v) is 3.67. The fourth-order valence-corrected chi connectivity index (χ4v) is 2.76. The lowest BCUT2D eigenvalue weighted by molar-refractivity contribution is 0.102. The summed E-state index contributed by atoms with van der Waals surface area (Å²) in [4.78, 5) is 16.5. The zero-order valence-electron chi connectivity index (χ0n) is 11.4. The summed E-state index contributed by atoms with van der Waals surface area (Å²) >= 11 is 1.44. The van der Waals surface area contributed by atoms with E-state index in [1.165, 1.54) is 11.8 Å². The lowest BCUT2D eigenvalue weighted by Crippen LogP contribution is -2.02. The van der Waals surface area contributed by atoms with E-state index in [1.807, 2.05) is 32.0 Å². The van der Waals surface area contributed by atoms with Crippen molar-refractivity contribution < 1.29 is 4.79 Å². The Balaban J connectivity index is 2.02. The van der Waals surface area contributed by atoms with Gasteiger partial charge in [-0.05, 0) is 43.7 Å². The summed E-state index contributed by atoms with van der Waals surface area (Å²) in [5.74, 6) is 0.391. The molecule has 4 heteroatoms. The molecule has 0 fully saturated rings. The van der Waals surface area contributed by atoms with Crippen LogP contribution in [0.3, 0.4) is 0 Å². The van der Waals surface area contributed by atoms with Crippen molar-refractivity contribution in [2.24, 2.45) is 0 Å². The van der Waals surface area contributed by atoms with Crippen LogP contribution in [-0.2, 0) is 0 Å². The molecule has 0 unspecified atom stereocenters. The van der Waals surface area contributed by atoms with E-state index in [2.05, 4.69) is 4.98 Å². The predicted molar refractivity (Wildman–Crippen MR) is 79.9 cm³/mol. The molecule has 0 aliphatic rings. The molecule has 0 radical (unpaired) electrons. The number of carbonyl (C=O) groups excluding carboxylic acids is 1. The molecule has 1 heterocycles. The van der Waals surface area contributed by atoms with Gasteiger partial charge < -0.3 is 0 Å². The Kier molecular flexibility index (Phi) is 4.54. The standard InChI is InChI=1S/C16H14N2OS/c1-11-7-12(2)18-16(8-11)20-10-15(19)14-5-3-13(9-17)4-6-14/h3-8H,10H2,1-2H3. The molecular weight excluding hydrogens is 268 g/mol. The van der Waals surface area contributed by atoms with Gasteiger partial charge in [0.05, 0.1) is 22.4 Å². The van der Waals surface area contributed by atoms with E-state index in [4.69, 9.17) is 5.26 Å². The van der Waals surface area contributed by atoms with Crippen molar-refractivity contribution in [3.8, 4) is 6.07 Å². The highest BCUT2D eigenvalue weighted by molar-refractivity contribution is 7.99. The van der Waals surface area contributed by atoms with Crippen molar-refractivity contribution in [1.29, 1.82) is 5.26 Å². The number of benzene rings is 1. The van der Waals surface area contributed by atoms with E-state index in [1.54, 1.807) is 24.3 Å². The van der Waals surface area contributed by atoms with Gasteiger partial charge in [0, 0.05) is 11.3 Å². The molecular formula is C16H14N2OS. The monoisotopic (exact) mass is 282 g/mol. The number of carbonyl (C=O) groups is 1. The maximum absolute atomic E-state index is 12.1. The number of Topliss-reactive ketones (excluding diaryl/α,β-unsaturated/α-hetero) is 1. The Morgan fingerprint density at radius 1 is 1.25 bits per heavy atom. The van der Waals surface area contributed by atoms with E-state index < -0.39 is 0 Å². The Labute approximate surface area is 122 Å². The quantitative estimate of drug-likeness (QED) is 0.635. The molecule has 0 bridgehead atoms. The average Bonchev–Trinajstić information content (AvgIpc) is 2.44. The summed E-state index contributed by atoms with van der Waals surface area (Å²) in [6.07, 6.45) is 0. The number of hydrogen-bond acceptors (Lipinski definition) is 4. The second-order valence-electron chi connectivity index (χ2n) is 4.53. The molecule has 0 N–H and O–H groups in total. The average molecular weight is 282 g/mol. The van der Waals surface area contributed by atoms with Gasteiger partial charge in [-0.3, -0.25) is 4.79 Å². The Bertz CT molecular complexity index is 652. The second kappa shape index (κ2) is 6.36. The smallest absolute Gasteiger partial charge is 0.173 e. The molecule has 0 aliphatic carbocycles. The molecule has 1 aromatic heterocycles. The van der Waals surface area contributed by atoms with Crippen LogP contribution >= 0.6 is 11.8 Å². The van der Waals surface area contributed by atoms with Crippen molar-refractivity contribution in [3.63, 3.8) is 0 Å². The molecule has 0 spiro atoms. The zero-order chi connectivity index (χ0) is 14.5. The number of pyridine rings is 1. The van der Waals surface area contributed by atoms with Crippen molar-refractivity contribution in [3.05, 3.63) is 58.8 Å². The maximum atomic E-state index is 12.1. The summed E-state index contributed by atoms with van der Waals surface area (Å²) in [6.45, 7) is 3.96. The second-order valence-corrected chi connectivity index (χ2v) is 5.52. The first-order valence-corrected chi connectivity index (χ1v) is 7.18. The van der Waals surface area contributed by atoms with Crippen LogP contribution in [0.15, 0.2) is 41.4 Å². The number of thioether (sulfide) groups is 1. The molecule has 0 saturated carbocycles. The van der Waals surface area contributed by atoms with E-state index in [0.29, 0.717) is 16.9 Å². The van der Waals surface area contributed by atoms with Gasteiger partial charge in [0.25, 0.3) is 0 Å². The normalized spacial score (nSPS) is 10.1. The predicted octanol–water partition coefficient (Wildman–Crippen LogP) is 3.55. The van der Waals surface area contributed by atoms with Gasteiger partial charge in [-0.25, -0.2) is 4.98 Å². The first-order valence-electron chi connectivity index (χ1n) is 6.20. The Hall–Kier alpha value is -2.12. The van der Waals surface area contributed by atoms with Gasteiger partial charge in [-0.1, -0.05) is 23.9 Å². The van der Waals surface area contributed by atoms with Gasteiger partial charge in [-0.15, -0.1) is 0 Å². The minimum atomic E-state index is 0.0421. The highest BCUT2D eigenvalue weighted by Crippen LogP contribution is 2.19. The third kappa shape index (κ3) is 3.69. The first kappa shape index (κ1) is 14.3. The number of rotatable bonds is 4. The fraction of sp³-hybridized carbons (Fsp3) is 0.188. The van der Waals surface area contributed by atoms with Gasteiger partial charge in [-0.2, -0.15) is 5.26 Å². The summed E-state index contributed by atoms with van der Waals surface area (Å²) in [5, 5.41) is 9.59. The Morgan fingerprint density at radius 2 is 1.95 bits per heavy atom. The van der Waals surface area contributed by atoms with E-state index in [0.717, 1.165) is 16.3 Å². The van der Waals surface area contributed by atoms with Crippen LogP contribution in [0.25, 0.3) is 0 Å². The van der Waals surface area contributed by atoms with E-state index in [-0.39, 0.29) is 5.78 Å². The molecule has 1 aromatic carbocycles. The van der Waals surface area contributed by atoms with E-state index in [9.17, 15) is 4.79 Å². The molecule has 0 saturated heterocycles. The number of aryl methyl sites for hydroxylation is 2. The van der Waals surface area contributed by atoms with Gasteiger partial charge >= 0.3 is 0 Å². The first-order chi connectivity index (χ1) is 9.58. The number of aromatic nitrogens is 1. The van der Waals surface area contributed by atoms with Gasteiger partial charge in [0.15, 0.2) is 5.78 Å². The fourth-order valence-electron chi connectivity index (χ4n) is 1.83. The summed E-state index contributed by atoms with van der Waals surface area (Å²) in [5.41, 5.74) is 3.29. The minimum Gasteiger partial charge on any atom is -0.293 e. The number of nitriles is 1. The molecule has 100 valence electrons. The minimum absolute atomic E-state index is 0.0421. The number of ketones is 1. The maximum Gasteiger partial charge on any atom is 0.173 e. The van der Waals surface area contributed by atoms with Crippen LogP contribution in [-0.4, -0.2) is 16.5 Å². The molecule has 0 amide bonds. The SMILES string of the molecule is Cc1cc(C)nc(SCC(=O)c2ccc(C#N)cc2)c1. The molecule has 20 heavy (non-hydrogen) atoms. The van der Waals surface area contributed by atoms with Crippen molar-refractivity contribution in [1.82, 2.24) is 4.98 Å². The molecule has 2 aromatic rings. The highest BCUT2D eigenvalue weighted by atomic mass is 32.2. The Morgan fingerprint density at radius 3 is 2.55 bits per heavy atom. The largest absolute Gasteiger partial charge is 0.293 e. The summed E-state index contributed by atoms with van der Waals surface area (Å²) in [6, 6.07) is 12.7. The summed E-state index contributed by atoms with van der Waals surface area (Å²) in [7, 11) is 0. The number of hydrogen-bond donors (Lipinski definition) is 0. The third-order valence-electron chi connectivity index (χ3n) is 2.76. The topological polar surface area (TPSA) is 53.8 Å². The lowest BCUT2D eigenvalue weighted by Gasteiger charge is -2.04.